The van der Waals surface area contributed by atoms with Gasteiger partial charge in [0.05, 0.1) is 22.5 Å². The molecule has 25 heavy (non-hydrogen) atoms. The van der Waals surface area contributed by atoms with Crippen LogP contribution in [0.2, 0.25) is 0 Å². The summed E-state index contributed by atoms with van der Waals surface area (Å²) in [5.41, 5.74) is 2.73. The number of aromatic nitrogens is 1. The molecule has 0 unspecified atom stereocenters. The Bertz CT molecular complexity index is 1130. The number of phenolic OH excluding ortho intramolecular Hbond substituents is 1. The topological polar surface area (TPSA) is 57.8 Å². The average molecular weight is 350 g/mol. The number of hydrogen-bond acceptors (Lipinski definition) is 4. The molecule has 0 spiro atoms. The van der Waals surface area contributed by atoms with Crippen molar-refractivity contribution >= 4 is 38.0 Å². The standard InChI is InChI=1S/C20H18N2O2S/c1-13-18(24)16-10-6-5-9-15(16)17-19(13)25-20(22(17)11-12-23)21-14-7-3-2-4-8-14/h2-10,23-24H,11-12H2,1H3/b21-20+. The number of phenols is 1. The maximum absolute atomic E-state index is 10.6. The van der Waals surface area contributed by atoms with E-state index in [9.17, 15) is 10.2 Å². The number of hydrogen-bond donors (Lipinski definition) is 2. The molecule has 0 radical (unpaired) electrons. The molecule has 1 heterocycles. The molecule has 126 valence electrons. The lowest BCUT2D eigenvalue weighted by Gasteiger charge is -2.10. The van der Waals surface area contributed by atoms with Gasteiger partial charge in [-0.3, -0.25) is 0 Å². The minimum atomic E-state index is 0.0298. The van der Waals surface area contributed by atoms with E-state index < -0.39 is 0 Å². The second-order valence-electron chi connectivity index (χ2n) is 5.90. The Labute approximate surface area is 149 Å². The van der Waals surface area contributed by atoms with Crippen LogP contribution in [0.25, 0.3) is 21.0 Å². The van der Waals surface area contributed by atoms with Crippen LogP contribution in [0, 0.1) is 6.92 Å². The lowest BCUT2D eigenvalue weighted by molar-refractivity contribution is 0.277. The molecule has 3 aromatic carbocycles. The van der Waals surface area contributed by atoms with Crippen molar-refractivity contribution in [2.45, 2.75) is 13.5 Å². The maximum atomic E-state index is 10.6. The van der Waals surface area contributed by atoms with Crippen molar-refractivity contribution in [1.29, 1.82) is 0 Å². The second-order valence-corrected chi connectivity index (χ2v) is 6.88. The van der Waals surface area contributed by atoms with Crippen molar-refractivity contribution in [2.24, 2.45) is 4.99 Å². The highest BCUT2D eigenvalue weighted by Crippen LogP contribution is 2.38. The van der Waals surface area contributed by atoms with Crippen LogP contribution in [0.1, 0.15) is 5.56 Å². The highest BCUT2D eigenvalue weighted by molar-refractivity contribution is 7.16. The van der Waals surface area contributed by atoms with E-state index in [1.165, 1.54) is 11.3 Å². The molecule has 0 aliphatic rings. The Morgan fingerprint density at radius 1 is 1.00 bits per heavy atom. The smallest absolute Gasteiger partial charge is 0.191 e. The molecule has 0 saturated heterocycles. The van der Waals surface area contributed by atoms with Crippen LogP contribution in [-0.2, 0) is 6.54 Å². The molecule has 4 rings (SSSR count). The molecule has 0 saturated carbocycles. The van der Waals surface area contributed by atoms with Crippen LogP contribution in [0.3, 0.4) is 0 Å². The summed E-state index contributed by atoms with van der Waals surface area (Å²) in [6.45, 7) is 2.41. The number of aryl methyl sites for hydroxylation is 1. The monoisotopic (exact) mass is 350 g/mol. The summed E-state index contributed by atoms with van der Waals surface area (Å²) in [7, 11) is 0. The van der Waals surface area contributed by atoms with E-state index in [1.807, 2.05) is 66.1 Å². The van der Waals surface area contributed by atoms with Crippen molar-refractivity contribution in [2.75, 3.05) is 6.61 Å². The predicted octanol–water partition coefficient (Wildman–Crippen LogP) is 4.09. The highest BCUT2D eigenvalue weighted by atomic mass is 32.1. The third-order valence-electron chi connectivity index (χ3n) is 4.35. The molecular formula is C20H18N2O2S. The Morgan fingerprint density at radius 3 is 2.40 bits per heavy atom. The first kappa shape index (κ1) is 15.9. The van der Waals surface area contributed by atoms with E-state index in [-0.39, 0.29) is 6.61 Å². The predicted molar refractivity (Wildman–Crippen MR) is 102 cm³/mol. The number of aromatic hydroxyl groups is 1. The van der Waals surface area contributed by atoms with Gasteiger partial charge < -0.3 is 14.8 Å². The van der Waals surface area contributed by atoms with Gasteiger partial charge in [0.25, 0.3) is 0 Å². The van der Waals surface area contributed by atoms with Gasteiger partial charge in [0, 0.05) is 22.9 Å². The van der Waals surface area contributed by atoms with Crippen LogP contribution in [0.5, 0.6) is 5.75 Å². The van der Waals surface area contributed by atoms with E-state index in [1.54, 1.807) is 0 Å². The van der Waals surface area contributed by atoms with Crippen molar-refractivity contribution in [3.63, 3.8) is 0 Å². The number of thiazole rings is 1. The molecule has 0 aliphatic carbocycles. The lowest BCUT2D eigenvalue weighted by atomic mass is 10.0. The SMILES string of the molecule is Cc1c(O)c2ccccc2c2c1s/c(=N/c1ccccc1)n2CCO. The fraction of sp³-hybridized carbons (Fsp3) is 0.150. The fourth-order valence-electron chi connectivity index (χ4n) is 3.14. The molecule has 2 N–H and O–H groups in total. The zero-order valence-corrected chi connectivity index (χ0v) is 14.6. The van der Waals surface area contributed by atoms with Crippen LogP contribution in [0.15, 0.2) is 59.6 Å². The van der Waals surface area contributed by atoms with Gasteiger partial charge in [-0.05, 0) is 19.1 Å². The van der Waals surface area contributed by atoms with Crippen LogP contribution >= 0.6 is 11.3 Å². The zero-order chi connectivity index (χ0) is 17.4. The van der Waals surface area contributed by atoms with Gasteiger partial charge in [-0.1, -0.05) is 53.8 Å². The summed E-state index contributed by atoms with van der Waals surface area (Å²) in [6, 6.07) is 17.6. The van der Waals surface area contributed by atoms with E-state index in [0.717, 1.165) is 37.0 Å². The molecule has 0 amide bonds. The van der Waals surface area contributed by atoms with E-state index in [4.69, 9.17) is 4.99 Å². The molecule has 0 atom stereocenters. The largest absolute Gasteiger partial charge is 0.507 e. The average Bonchev–Trinajstić information content (AvgIpc) is 2.99. The number of rotatable bonds is 3. The number of fused-ring (bicyclic) bond motifs is 3. The first-order valence-corrected chi connectivity index (χ1v) is 8.96. The van der Waals surface area contributed by atoms with Gasteiger partial charge in [0.2, 0.25) is 0 Å². The normalized spacial score (nSPS) is 12.3. The quantitative estimate of drug-likeness (QED) is 0.584. The van der Waals surface area contributed by atoms with Crippen LogP contribution in [0.4, 0.5) is 5.69 Å². The van der Waals surface area contributed by atoms with Crippen molar-refractivity contribution < 1.29 is 10.2 Å². The molecule has 4 nitrogen and oxygen atoms in total. The molecule has 1 aromatic heterocycles. The van der Waals surface area contributed by atoms with Crippen LogP contribution < -0.4 is 4.80 Å². The number of nitrogens with zero attached hydrogens (tertiary/aromatic N) is 2. The molecule has 4 aromatic rings. The summed E-state index contributed by atoms with van der Waals surface area (Å²) in [5.74, 6) is 0.312. The zero-order valence-electron chi connectivity index (χ0n) is 13.8. The Morgan fingerprint density at radius 2 is 1.68 bits per heavy atom. The van der Waals surface area contributed by atoms with Crippen molar-refractivity contribution in [3.05, 3.63) is 65.0 Å². The minimum Gasteiger partial charge on any atom is -0.507 e. The van der Waals surface area contributed by atoms with Gasteiger partial charge in [-0.15, -0.1) is 0 Å². The number of aliphatic hydroxyl groups is 1. The molecule has 0 fully saturated rings. The Hall–Kier alpha value is -2.63. The van der Waals surface area contributed by atoms with Crippen molar-refractivity contribution in [3.8, 4) is 5.75 Å². The van der Waals surface area contributed by atoms with Gasteiger partial charge in [0.15, 0.2) is 4.80 Å². The van der Waals surface area contributed by atoms with Gasteiger partial charge in [0.1, 0.15) is 5.75 Å². The van der Waals surface area contributed by atoms with Gasteiger partial charge >= 0.3 is 0 Å². The molecular weight excluding hydrogens is 332 g/mol. The minimum absolute atomic E-state index is 0.0298. The van der Waals surface area contributed by atoms with Crippen LogP contribution in [-0.4, -0.2) is 21.4 Å². The van der Waals surface area contributed by atoms with E-state index in [0.29, 0.717) is 12.3 Å². The third-order valence-corrected chi connectivity index (χ3v) is 5.54. The van der Waals surface area contributed by atoms with Gasteiger partial charge in [-0.25, -0.2) is 4.99 Å². The highest BCUT2D eigenvalue weighted by Gasteiger charge is 2.16. The number of para-hydroxylation sites is 1. The number of benzene rings is 3. The van der Waals surface area contributed by atoms with E-state index >= 15 is 0 Å². The summed E-state index contributed by atoms with van der Waals surface area (Å²) >= 11 is 1.54. The third kappa shape index (κ3) is 2.62. The van der Waals surface area contributed by atoms with Gasteiger partial charge in [-0.2, -0.15) is 0 Å². The van der Waals surface area contributed by atoms with Crippen molar-refractivity contribution in [1.82, 2.24) is 4.57 Å². The molecule has 0 aliphatic heterocycles. The summed E-state index contributed by atoms with van der Waals surface area (Å²) in [4.78, 5) is 5.58. The molecule has 5 heteroatoms. The summed E-state index contributed by atoms with van der Waals surface area (Å²) < 4.78 is 3.04. The Kier molecular flexibility index (Phi) is 4.03. The first-order valence-electron chi connectivity index (χ1n) is 8.15. The number of aliphatic hydroxyl groups excluding tert-OH is 1. The fourth-order valence-corrected chi connectivity index (χ4v) is 4.34. The molecule has 0 bridgehead atoms. The lowest BCUT2D eigenvalue weighted by Crippen LogP contribution is -2.16. The maximum Gasteiger partial charge on any atom is 0.191 e. The Balaban J connectivity index is 2.16. The summed E-state index contributed by atoms with van der Waals surface area (Å²) in [6.07, 6.45) is 0. The second kappa shape index (κ2) is 6.35. The van der Waals surface area contributed by atoms with E-state index in [2.05, 4.69) is 0 Å². The summed E-state index contributed by atoms with van der Waals surface area (Å²) in [5, 5.41) is 22.0. The first-order chi connectivity index (χ1) is 12.2.